The number of para-hydroxylation sites is 1. The highest BCUT2D eigenvalue weighted by Crippen LogP contribution is 2.27. The van der Waals surface area contributed by atoms with E-state index in [2.05, 4.69) is 0 Å². The largest absolute Gasteiger partial charge is 0.507 e. The monoisotopic (exact) mass is 201 g/mol. The van der Waals surface area contributed by atoms with Crippen LogP contribution in [0.1, 0.15) is 30.5 Å². The Morgan fingerprint density at radius 1 is 1.46 bits per heavy atom. The molecule has 1 atom stereocenters. The molecule has 0 radical (unpaired) electrons. The molecule has 0 fully saturated rings. The van der Waals surface area contributed by atoms with E-state index in [1.807, 2.05) is 32.0 Å². The zero-order valence-electron chi connectivity index (χ0n) is 7.95. The first-order chi connectivity index (χ1) is 5.66. The molecule has 0 saturated carbocycles. The van der Waals surface area contributed by atoms with Crippen LogP contribution in [0, 0.1) is 6.92 Å². The van der Waals surface area contributed by atoms with E-state index >= 15 is 0 Å². The van der Waals surface area contributed by atoms with Crippen LogP contribution in [0.2, 0.25) is 0 Å². The maximum Gasteiger partial charge on any atom is 0.123 e. The summed E-state index contributed by atoms with van der Waals surface area (Å²) in [5.74, 6) is 0.340. The van der Waals surface area contributed by atoms with Gasteiger partial charge in [-0.1, -0.05) is 25.1 Å². The summed E-state index contributed by atoms with van der Waals surface area (Å²) < 4.78 is 0. The van der Waals surface area contributed by atoms with Gasteiger partial charge >= 0.3 is 0 Å². The van der Waals surface area contributed by atoms with Crippen molar-refractivity contribution in [3.63, 3.8) is 0 Å². The van der Waals surface area contributed by atoms with Gasteiger partial charge in [0, 0.05) is 11.6 Å². The fraction of sp³-hybridized carbons (Fsp3) is 0.400. The molecule has 1 aromatic rings. The van der Waals surface area contributed by atoms with E-state index in [1.54, 1.807) is 0 Å². The number of aromatic hydroxyl groups is 1. The Bertz CT molecular complexity index is 276. The maximum atomic E-state index is 9.62. The number of hydrogen-bond donors (Lipinski definition) is 2. The average molecular weight is 202 g/mol. The van der Waals surface area contributed by atoms with Crippen molar-refractivity contribution >= 4 is 12.4 Å². The minimum atomic E-state index is -0.0510. The number of nitrogens with two attached hydrogens (primary N) is 1. The third-order valence-corrected chi connectivity index (χ3v) is 2.11. The predicted octanol–water partition coefficient (Wildman–Crippen LogP) is 2.53. The van der Waals surface area contributed by atoms with E-state index in [1.165, 1.54) is 0 Å². The molecular formula is C10H16ClNO. The zero-order valence-corrected chi connectivity index (χ0v) is 8.77. The molecule has 0 heterocycles. The smallest absolute Gasteiger partial charge is 0.123 e. The normalized spacial score (nSPS) is 11.9. The highest BCUT2D eigenvalue weighted by Gasteiger charge is 2.09. The van der Waals surface area contributed by atoms with E-state index < -0.39 is 0 Å². The minimum Gasteiger partial charge on any atom is -0.507 e. The minimum absolute atomic E-state index is 0. The number of benzene rings is 1. The Kier molecular flexibility index (Phi) is 4.81. The second-order valence-electron chi connectivity index (χ2n) is 3.03. The summed E-state index contributed by atoms with van der Waals surface area (Å²) >= 11 is 0. The fourth-order valence-corrected chi connectivity index (χ4v) is 1.20. The summed E-state index contributed by atoms with van der Waals surface area (Å²) in [6, 6.07) is 5.61. The van der Waals surface area contributed by atoms with E-state index in [0.717, 1.165) is 17.5 Å². The molecule has 1 aromatic carbocycles. The van der Waals surface area contributed by atoms with Gasteiger partial charge in [0.05, 0.1) is 0 Å². The van der Waals surface area contributed by atoms with Crippen LogP contribution in [0.25, 0.3) is 0 Å². The number of phenols is 1. The van der Waals surface area contributed by atoms with Gasteiger partial charge in [-0.25, -0.2) is 0 Å². The molecule has 0 spiro atoms. The van der Waals surface area contributed by atoms with Gasteiger partial charge in [-0.2, -0.15) is 0 Å². The highest BCUT2D eigenvalue weighted by molar-refractivity contribution is 5.85. The van der Waals surface area contributed by atoms with E-state index in [0.29, 0.717) is 5.75 Å². The average Bonchev–Trinajstić information content (AvgIpc) is 2.08. The van der Waals surface area contributed by atoms with E-state index in [9.17, 15) is 5.11 Å². The molecule has 0 aliphatic carbocycles. The molecule has 2 nitrogen and oxygen atoms in total. The summed E-state index contributed by atoms with van der Waals surface area (Å²) in [4.78, 5) is 0. The summed E-state index contributed by atoms with van der Waals surface area (Å²) in [5.41, 5.74) is 7.53. The van der Waals surface area contributed by atoms with Crippen LogP contribution in [-0.4, -0.2) is 5.11 Å². The van der Waals surface area contributed by atoms with Crippen molar-refractivity contribution in [2.45, 2.75) is 26.3 Å². The molecule has 0 amide bonds. The second-order valence-corrected chi connectivity index (χ2v) is 3.03. The first-order valence-corrected chi connectivity index (χ1v) is 4.20. The van der Waals surface area contributed by atoms with Gasteiger partial charge in [0.25, 0.3) is 0 Å². The molecule has 3 heteroatoms. The summed E-state index contributed by atoms with van der Waals surface area (Å²) in [6.45, 7) is 3.88. The van der Waals surface area contributed by atoms with Crippen molar-refractivity contribution < 1.29 is 5.11 Å². The first-order valence-electron chi connectivity index (χ1n) is 4.20. The number of aryl methyl sites for hydroxylation is 1. The van der Waals surface area contributed by atoms with Crippen molar-refractivity contribution in [3.05, 3.63) is 29.3 Å². The molecule has 74 valence electrons. The summed E-state index contributed by atoms with van der Waals surface area (Å²) in [6.07, 6.45) is 0.844. The Morgan fingerprint density at radius 2 is 2.08 bits per heavy atom. The SMILES string of the molecule is CC[C@@H](N)c1cccc(C)c1O.Cl. The lowest BCUT2D eigenvalue weighted by atomic mass is 10.0. The van der Waals surface area contributed by atoms with Crippen LogP contribution in [0.3, 0.4) is 0 Å². The van der Waals surface area contributed by atoms with Gasteiger partial charge < -0.3 is 10.8 Å². The highest BCUT2D eigenvalue weighted by atomic mass is 35.5. The Hall–Kier alpha value is -0.730. The van der Waals surface area contributed by atoms with Crippen LogP contribution in [0.5, 0.6) is 5.75 Å². The first kappa shape index (κ1) is 12.3. The number of halogens is 1. The fourth-order valence-electron chi connectivity index (χ4n) is 1.20. The molecule has 0 saturated heterocycles. The molecular weight excluding hydrogens is 186 g/mol. The van der Waals surface area contributed by atoms with E-state index in [-0.39, 0.29) is 18.4 Å². The molecule has 0 aliphatic heterocycles. The molecule has 13 heavy (non-hydrogen) atoms. The van der Waals surface area contributed by atoms with Crippen molar-refractivity contribution in [3.8, 4) is 5.75 Å². The lowest BCUT2D eigenvalue weighted by Crippen LogP contribution is -2.08. The van der Waals surface area contributed by atoms with Gasteiger partial charge in [-0.15, -0.1) is 12.4 Å². The van der Waals surface area contributed by atoms with Crippen LogP contribution in [0.15, 0.2) is 18.2 Å². The quantitative estimate of drug-likeness (QED) is 0.773. The van der Waals surface area contributed by atoms with Crippen molar-refractivity contribution in [1.82, 2.24) is 0 Å². The second kappa shape index (κ2) is 5.10. The number of hydrogen-bond acceptors (Lipinski definition) is 2. The molecule has 0 aliphatic rings. The lowest BCUT2D eigenvalue weighted by Gasteiger charge is -2.12. The standard InChI is InChI=1S/C10H15NO.ClH/c1-3-9(11)8-6-4-5-7(2)10(8)12;/h4-6,9,12H,3,11H2,1-2H3;1H/t9-;/m1./s1. The lowest BCUT2D eigenvalue weighted by molar-refractivity contribution is 0.456. The van der Waals surface area contributed by atoms with Gasteiger partial charge in [-0.3, -0.25) is 0 Å². The van der Waals surface area contributed by atoms with Crippen molar-refractivity contribution in [2.75, 3.05) is 0 Å². The Labute approximate surface area is 85.2 Å². The Balaban J connectivity index is 0.00000144. The summed E-state index contributed by atoms with van der Waals surface area (Å²) in [5, 5.41) is 9.62. The van der Waals surface area contributed by atoms with Gasteiger partial charge in [0.15, 0.2) is 0 Å². The van der Waals surface area contributed by atoms with Crippen LogP contribution < -0.4 is 5.73 Å². The molecule has 0 bridgehead atoms. The zero-order chi connectivity index (χ0) is 9.14. The molecule has 0 unspecified atom stereocenters. The van der Waals surface area contributed by atoms with E-state index in [4.69, 9.17) is 5.73 Å². The predicted molar refractivity (Wildman–Crippen MR) is 57.3 cm³/mol. The topological polar surface area (TPSA) is 46.2 Å². The third kappa shape index (κ3) is 2.61. The number of phenolic OH excluding ortho intramolecular Hbond substituents is 1. The van der Waals surface area contributed by atoms with Crippen molar-refractivity contribution in [2.24, 2.45) is 5.73 Å². The third-order valence-electron chi connectivity index (χ3n) is 2.11. The van der Waals surface area contributed by atoms with Crippen LogP contribution in [-0.2, 0) is 0 Å². The van der Waals surface area contributed by atoms with Crippen LogP contribution in [0.4, 0.5) is 0 Å². The summed E-state index contributed by atoms with van der Waals surface area (Å²) in [7, 11) is 0. The maximum absolute atomic E-state index is 9.62. The van der Waals surface area contributed by atoms with Crippen molar-refractivity contribution in [1.29, 1.82) is 0 Å². The molecule has 3 N–H and O–H groups in total. The van der Waals surface area contributed by atoms with Crippen LogP contribution >= 0.6 is 12.4 Å². The van der Waals surface area contributed by atoms with Gasteiger partial charge in [0.2, 0.25) is 0 Å². The molecule has 0 aromatic heterocycles. The van der Waals surface area contributed by atoms with Gasteiger partial charge in [0.1, 0.15) is 5.75 Å². The number of rotatable bonds is 2. The molecule has 1 rings (SSSR count). The Morgan fingerprint density at radius 3 is 2.62 bits per heavy atom. The van der Waals surface area contributed by atoms with Gasteiger partial charge in [-0.05, 0) is 18.9 Å².